The topological polar surface area (TPSA) is 86.8 Å². The summed E-state index contributed by atoms with van der Waals surface area (Å²) in [6.45, 7) is 14.9. The van der Waals surface area contributed by atoms with E-state index in [0.29, 0.717) is 12.1 Å². The van der Waals surface area contributed by atoms with Crippen LogP contribution in [0, 0.1) is 27.7 Å². The molecule has 0 radical (unpaired) electrons. The molecule has 0 heterocycles. The fourth-order valence-corrected chi connectivity index (χ4v) is 6.17. The highest BCUT2D eigenvalue weighted by atomic mass is 32.2. The Morgan fingerprint density at radius 3 is 2.05 bits per heavy atom. The zero-order valence-corrected chi connectivity index (χ0v) is 26.3. The van der Waals surface area contributed by atoms with Crippen molar-refractivity contribution in [3.8, 4) is 0 Å². The highest BCUT2D eigenvalue weighted by molar-refractivity contribution is 7.92. The Bertz CT molecular complexity index is 1490. The van der Waals surface area contributed by atoms with E-state index in [2.05, 4.69) is 5.32 Å². The largest absolute Gasteiger partial charge is 0.350 e. The van der Waals surface area contributed by atoms with Crippen LogP contribution in [0.4, 0.5) is 5.69 Å². The van der Waals surface area contributed by atoms with Gasteiger partial charge in [-0.2, -0.15) is 0 Å². The van der Waals surface area contributed by atoms with E-state index in [0.717, 1.165) is 27.8 Å². The molecular weight excluding hydrogens is 534 g/mol. The van der Waals surface area contributed by atoms with E-state index in [1.54, 1.807) is 36.4 Å². The number of hydrogen-bond acceptors (Lipinski definition) is 4. The van der Waals surface area contributed by atoms with Crippen LogP contribution in [0.25, 0.3) is 0 Å². The molecule has 41 heavy (non-hydrogen) atoms. The van der Waals surface area contributed by atoms with Crippen LogP contribution in [0.15, 0.2) is 71.6 Å². The molecule has 7 nitrogen and oxygen atoms in total. The van der Waals surface area contributed by atoms with Crippen molar-refractivity contribution in [2.24, 2.45) is 0 Å². The summed E-state index contributed by atoms with van der Waals surface area (Å²) in [6, 6.07) is 18.9. The van der Waals surface area contributed by atoms with Gasteiger partial charge in [-0.1, -0.05) is 61.0 Å². The van der Waals surface area contributed by atoms with Crippen molar-refractivity contribution in [3.05, 3.63) is 94.5 Å². The van der Waals surface area contributed by atoms with Crippen LogP contribution in [0.1, 0.15) is 61.9 Å². The monoisotopic (exact) mass is 577 g/mol. The van der Waals surface area contributed by atoms with Gasteiger partial charge < -0.3 is 10.2 Å². The predicted molar refractivity (Wildman–Crippen MR) is 165 cm³/mol. The summed E-state index contributed by atoms with van der Waals surface area (Å²) in [4.78, 5) is 29.4. The quantitative estimate of drug-likeness (QED) is 0.328. The van der Waals surface area contributed by atoms with E-state index in [-0.39, 0.29) is 17.3 Å². The molecule has 0 saturated heterocycles. The molecule has 0 unspecified atom stereocenters. The maximum Gasteiger partial charge on any atom is 0.264 e. The fourth-order valence-electron chi connectivity index (χ4n) is 4.70. The number of carbonyl (C=O) groups is 2. The van der Waals surface area contributed by atoms with Gasteiger partial charge in [-0.05, 0) is 95.3 Å². The van der Waals surface area contributed by atoms with E-state index in [9.17, 15) is 18.0 Å². The van der Waals surface area contributed by atoms with Crippen LogP contribution in [-0.2, 0) is 26.2 Å². The Balaban J connectivity index is 2.13. The minimum Gasteiger partial charge on any atom is -0.350 e. The number of carbonyl (C=O) groups excluding carboxylic acids is 2. The molecule has 0 bridgehead atoms. The Morgan fingerprint density at radius 1 is 0.854 bits per heavy atom. The summed E-state index contributed by atoms with van der Waals surface area (Å²) in [6.07, 6.45) is 0.369. The van der Waals surface area contributed by atoms with Gasteiger partial charge in [0.25, 0.3) is 10.0 Å². The lowest BCUT2D eigenvalue weighted by atomic mass is 10.0. The van der Waals surface area contributed by atoms with E-state index in [4.69, 9.17) is 0 Å². The second-order valence-electron chi connectivity index (χ2n) is 11.7. The molecule has 3 aromatic carbocycles. The van der Waals surface area contributed by atoms with Gasteiger partial charge in [0.1, 0.15) is 12.6 Å². The maximum absolute atomic E-state index is 14.3. The number of hydrogen-bond donors (Lipinski definition) is 1. The molecule has 0 fully saturated rings. The van der Waals surface area contributed by atoms with Crippen LogP contribution in [0.3, 0.4) is 0 Å². The fraction of sp³-hybridized carbons (Fsp3) is 0.394. The summed E-state index contributed by atoms with van der Waals surface area (Å²) < 4.78 is 29.4. The minimum atomic E-state index is -4.12. The van der Waals surface area contributed by atoms with Crippen molar-refractivity contribution in [1.29, 1.82) is 0 Å². The summed E-state index contributed by atoms with van der Waals surface area (Å²) in [7, 11) is -4.12. The van der Waals surface area contributed by atoms with Crippen LogP contribution < -0.4 is 9.62 Å². The molecule has 0 aliphatic heterocycles. The number of anilines is 1. The minimum absolute atomic E-state index is 0.0970. The Hall–Kier alpha value is -3.65. The SMILES string of the molecule is CC[C@@H](C(=O)NC(C)(C)C)N(Cc1ccccc1C)C(=O)CN(c1cccc(C)c1C)S(=O)(=O)c1ccc(C)cc1. The molecule has 0 aliphatic rings. The number of nitrogens with one attached hydrogen (secondary N) is 1. The molecule has 0 aromatic heterocycles. The lowest BCUT2D eigenvalue weighted by Gasteiger charge is -2.35. The van der Waals surface area contributed by atoms with Gasteiger partial charge in [0, 0.05) is 12.1 Å². The summed E-state index contributed by atoms with van der Waals surface area (Å²) in [5, 5.41) is 3.00. The highest BCUT2D eigenvalue weighted by Crippen LogP contribution is 2.29. The number of nitrogens with zero attached hydrogens (tertiary/aromatic N) is 2. The second-order valence-corrected chi connectivity index (χ2v) is 13.5. The molecule has 1 atom stereocenters. The Kier molecular flexibility index (Phi) is 10.0. The zero-order chi connectivity index (χ0) is 30.5. The first-order valence-electron chi connectivity index (χ1n) is 14.0. The van der Waals surface area contributed by atoms with E-state index >= 15 is 0 Å². The Morgan fingerprint density at radius 2 is 1.46 bits per heavy atom. The smallest absolute Gasteiger partial charge is 0.264 e. The molecule has 3 rings (SSSR count). The first-order valence-corrected chi connectivity index (χ1v) is 15.4. The third-order valence-corrected chi connectivity index (χ3v) is 8.99. The molecule has 220 valence electrons. The molecule has 2 amide bonds. The third-order valence-electron chi connectivity index (χ3n) is 7.22. The highest BCUT2D eigenvalue weighted by Gasteiger charge is 2.35. The van der Waals surface area contributed by atoms with Gasteiger partial charge in [-0.25, -0.2) is 8.42 Å². The maximum atomic E-state index is 14.3. The Labute approximate surface area is 245 Å². The van der Waals surface area contributed by atoms with Gasteiger partial charge in [0.05, 0.1) is 10.6 Å². The second kappa shape index (κ2) is 12.9. The molecule has 0 saturated carbocycles. The summed E-state index contributed by atoms with van der Waals surface area (Å²) >= 11 is 0. The molecule has 3 aromatic rings. The summed E-state index contributed by atoms with van der Waals surface area (Å²) in [5.74, 6) is -0.734. The third kappa shape index (κ3) is 7.76. The van der Waals surface area contributed by atoms with Gasteiger partial charge in [-0.3, -0.25) is 13.9 Å². The standard InChI is InChI=1S/C33H43N3O4S/c1-9-29(32(38)34-33(6,7)8)35(21-27-15-11-10-13-25(27)4)31(37)22-36(30-16-12-14-24(3)26(30)5)41(39,40)28-19-17-23(2)18-20-28/h10-20,29H,9,21-22H2,1-8H3,(H,34,38)/t29-/m0/s1. The molecule has 1 N–H and O–H groups in total. The molecule has 0 spiro atoms. The van der Waals surface area contributed by atoms with Gasteiger partial charge in [0.2, 0.25) is 11.8 Å². The van der Waals surface area contributed by atoms with Gasteiger partial charge in [-0.15, -0.1) is 0 Å². The van der Waals surface area contributed by atoms with Crippen molar-refractivity contribution in [2.75, 3.05) is 10.8 Å². The number of sulfonamides is 1. The number of benzene rings is 3. The van der Waals surface area contributed by atoms with E-state index in [1.165, 1.54) is 9.21 Å². The molecule has 0 aliphatic carbocycles. The summed E-state index contributed by atoms with van der Waals surface area (Å²) in [5.41, 5.74) is 4.41. The normalized spacial score (nSPS) is 12.5. The average molecular weight is 578 g/mol. The first kappa shape index (κ1) is 31.9. The van der Waals surface area contributed by atoms with Crippen molar-refractivity contribution in [2.45, 2.75) is 84.8 Å². The van der Waals surface area contributed by atoms with Crippen LogP contribution in [0.2, 0.25) is 0 Å². The van der Waals surface area contributed by atoms with Gasteiger partial charge in [0.15, 0.2) is 0 Å². The molecular formula is C33H43N3O4S. The van der Waals surface area contributed by atoms with Crippen LogP contribution in [0.5, 0.6) is 0 Å². The average Bonchev–Trinajstić information content (AvgIpc) is 2.89. The van der Waals surface area contributed by atoms with Gasteiger partial charge >= 0.3 is 0 Å². The predicted octanol–water partition coefficient (Wildman–Crippen LogP) is 5.84. The zero-order valence-electron chi connectivity index (χ0n) is 25.5. The van der Waals surface area contributed by atoms with Crippen LogP contribution >= 0.6 is 0 Å². The van der Waals surface area contributed by atoms with E-state index in [1.807, 2.05) is 85.7 Å². The first-order chi connectivity index (χ1) is 19.2. The number of aryl methyl sites for hydroxylation is 3. The number of rotatable bonds is 10. The van der Waals surface area contributed by atoms with Crippen molar-refractivity contribution in [1.82, 2.24) is 10.2 Å². The van der Waals surface area contributed by atoms with E-state index < -0.39 is 34.1 Å². The lowest BCUT2D eigenvalue weighted by molar-refractivity contribution is -0.141. The van der Waals surface area contributed by atoms with Crippen LogP contribution in [-0.4, -0.2) is 43.3 Å². The molecule has 8 heteroatoms. The number of amides is 2. The lowest BCUT2D eigenvalue weighted by Crippen LogP contribution is -2.55. The van der Waals surface area contributed by atoms with Crippen molar-refractivity contribution in [3.63, 3.8) is 0 Å². The van der Waals surface area contributed by atoms with Crippen molar-refractivity contribution < 1.29 is 18.0 Å². The van der Waals surface area contributed by atoms with Crippen molar-refractivity contribution >= 4 is 27.5 Å².